The normalized spacial score (nSPS) is 21.2. The van der Waals surface area contributed by atoms with Gasteiger partial charge in [0.15, 0.2) is 11.6 Å². The Kier molecular flexibility index (Phi) is 6.00. The van der Waals surface area contributed by atoms with Gasteiger partial charge >= 0.3 is 0 Å². The molecule has 0 saturated carbocycles. The van der Waals surface area contributed by atoms with Crippen molar-refractivity contribution in [2.45, 2.75) is 51.7 Å². The molecule has 0 aliphatic carbocycles. The summed E-state index contributed by atoms with van der Waals surface area (Å²) in [6.45, 7) is 6.58. The molecule has 0 saturated heterocycles. The fourth-order valence-corrected chi connectivity index (χ4v) is 2.85. The molecule has 0 bridgehead atoms. The molecule has 0 aromatic heterocycles. The van der Waals surface area contributed by atoms with Gasteiger partial charge in [-0.2, -0.15) is 0 Å². The Hall–Kier alpha value is -1.13. The Bertz CT molecular complexity index is 444. The number of aliphatic hydroxyl groups excluding tert-OH is 1. The lowest BCUT2D eigenvalue weighted by atomic mass is 9.97. The number of hydrogen-bond donors (Lipinski definition) is 1. The molecule has 1 N–H and O–H groups in total. The average Bonchev–Trinajstić information content (AvgIpc) is 2.49. The number of aliphatic hydroxyl groups is 1. The summed E-state index contributed by atoms with van der Waals surface area (Å²) < 4.78 is 19.3. The molecule has 1 aliphatic rings. The highest BCUT2D eigenvalue weighted by Crippen LogP contribution is 2.36. The number of fused-ring (bicyclic) bond motifs is 1. The van der Waals surface area contributed by atoms with E-state index in [4.69, 9.17) is 4.74 Å². The van der Waals surface area contributed by atoms with E-state index in [9.17, 15) is 9.50 Å². The predicted molar refractivity (Wildman–Crippen MR) is 82.0 cm³/mol. The van der Waals surface area contributed by atoms with Crippen molar-refractivity contribution in [1.82, 2.24) is 4.90 Å². The number of unbranched alkanes of at least 4 members (excludes halogenated alkanes) is 2. The summed E-state index contributed by atoms with van der Waals surface area (Å²) in [5.41, 5.74) is 0.573. The highest BCUT2D eigenvalue weighted by atomic mass is 19.1. The predicted octanol–water partition coefficient (Wildman–Crippen LogP) is 3.52. The van der Waals surface area contributed by atoms with Gasteiger partial charge in [-0.3, -0.25) is 4.90 Å². The minimum Gasteiger partial charge on any atom is -0.488 e. The lowest BCUT2D eigenvalue weighted by Crippen LogP contribution is -2.47. The molecule has 118 valence electrons. The van der Waals surface area contributed by atoms with E-state index in [0.717, 1.165) is 38.8 Å². The van der Waals surface area contributed by atoms with Gasteiger partial charge in [-0.15, -0.1) is 0 Å². The number of ether oxygens (including phenoxy) is 1. The standard InChI is InChI=1S/C17H26FNO2/c1-3-5-10-19(11-6-4-2)15-12-21-17-13(16(15)20)8-7-9-14(17)18/h7-9,15-16,20H,3-6,10-12H2,1-2H3. The van der Waals surface area contributed by atoms with Gasteiger partial charge in [-0.1, -0.05) is 38.8 Å². The Labute approximate surface area is 126 Å². The molecular formula is C17H26FNO2. The molecule has 0 radical (unpaired) electrons. The van der Waals surface area contributed by atoms with Crippen molar-refractivity contribution < 1.29 is 14.2 Å². The van der Waals surface area contributed by atoms with E-state index < -0.39 is 11.9 Å². The number of benzene rings is 1. The third kappa shape index (κ3) is 3.74. The largest absolute Gasteiger partial charge is 0.488 e. The summed E-state index contributed by atoms with van der Waals surface area (Å²) in [4.78, 5) is 2.30. The molecule has 21 heavy (non-hydrogen) atoms. The Balaban J connectivity index is 2.15. The third-order valence-corrected chi connectivity index (χ3v) is 4.15. The van der Waals surface area contributed by atoms with Crippen LogP contribution in [0.1, 0.15) is 51.2 Å². The summed E-state index contributed by atoms with van der Waals surface area (Å²) in [5.74, 6) is -0.175. The summed E-state index contributed by atoms with van der Waals surface area (Å²) in [7, 11) is 0. The highest BCUT2D eigenvalue weighted by Gasteiger charge is 2.34. The smallest absolute Gasteiger partial charge is 0.165 e. The van der Waals surface area contributed by atoms with Crippen molar-refractivity contribution in [3.05, 3.63) is 29.6 Å². The second-order valence-corrected chi connectivity index (χ2v) is 5.72. The summed E-state index contributed by atoms with van der Waals surface area (Å²) in [6.07, 6.45) is 3.76. The zero-order chi connectivity index (χ0) is 15.2. The zero-order valence-electron chi connectivity index (χ0n) is 13.0. The maximum Gasteiger partial charge on any atom is 0.165 e. The van der Waals surface area contributed by atoms with Crippen LogP contribution in [0.2, 0.25) is 0 Å². The first-order valence-corrected chi connectivity index (χ1v) is 8.02. The maximum atomic E-state index is 13.7. The van der Waals surface area contributed by atoms with Crippen LogP contribution in [0.15, 0.2) is 18.2 Å². The molecule has 3 nitrogen and oxygen atoms in total. The van der Waals surface area contributed by atoms with E-state index in [2.05, 4.69) is 18.7 Å². The molecule has 2 rings (SSSR count). The quantitative estimate of drug-likeness (QED) is 0.835. The number of nitrogens with zero attached hydrogens (tertiary/aromatic N) is 1. The number of hydrogen-bond acceptors (Lipinski definition) is 3. The van der Waals surface area contributed by atoms with Crippen molar-refractivity contribution in [1.29, 1.82) is 0 Å². The fraction of sp³-hybridized carbons (Fsp3) is 0.647. The van der Waals surface area contributed by atoms with E-state index in [1.807, 2.05) is 0 Å². The van der Waals surface area contributed by atoms with Crippen molar-refractivity contribution in [2.24, 2.45) is 0 Å². The van der Waals surface area contributed by atoms with Gasteiger partial charge in [-0.05, 0) is 32.0 Å². The van der Waals surface area contributed by atoms with E-state index in [0.29, 0.717) is 12.2 Å². The van der Waals surface area contributed by atoms with Gasteiger partial charge < -0.3 is 9.84 Å². The Morgan fingerprint density at radius 1 is 1.24 bits per heavy atom. The van der Waals surface area contributed by atoms with Crippen molar-refractivity contribution in [2.75, 3.05) is 19.7 Å². The van der Waals surface area contributed by atoms with Crippen LogP contribution >= 0.6 is 0 Å². The Morgan fingerprint density at radius 2 is 1.90 bits per heavy atom. The van der Waals surface area contributed by atoms with Gasteiger partial charge in [0, 0.05) is 5.56 Å². The van der Waals surface area contributed by atoms with E-state index in [-0.39, 0.29) is 11.8 Å². The van der Waals surface area contributed by atoms with Gasteiger partial charge in [0.05, 0.1) is 6.04 Å². The first-order valence-electron chi connectivity index (χ1n) is 8.02. The fourth-order valence-electron chi connectivity index (χ4n) is 2.85. The van der Waals surface area contributed by atoms with Crippen LogP contribution in [0.25, 0.3) is 0 Å². The molecule has 1 aromatic rings. The van der Waals surface area contributed by atoms with E-state index >= 15 is 0 Å². The summed E-state index contributed by atoms with van der Waals surface area (Å²) in [5, 5.41) is 10.6. The van der Waals surface area contributed by atoms with Crippen LogP contribution in [-0.4, -0.2) is 35.7 Å². The second-order valence-electron chi connectivity index (χ2n) is 5.72. The first kappa shape index (κ1) is 16.2. The van der Waals surface area contributed by atoms with Crippen LogP contribution in [0.5, 0.6) is 5.75 Å². The second kappa shape index (κ2) is 7.76. The minimum absolute atomic E-state index is 0.0857. The molecule has 1 heterocycles. The van der Waals surface area contributed by atoms with E-state index in [1.54, 1.807) is 12.1 Å². The third-order valence-electron chi connectivity index (χ3n) is 4.15. The van der Waals surface area contributed by atoms with Gasteiger partial charge in [0.1, 0.15) is 12.7 Å². The van der Waals surface area contributed by atoms with Crippen LogP contribution < -0.4 is 4.74 Å². The molecule has 2 atom stereocenters. The van der Waals surface area contributed by atoms with Gasteiger partial charge in [0.25, 0.3) is 0 Å². The van der Waals surface area contributed by atoms with Crippen LogP contribution in [0, 0.1) is 5.82 Å². The maximum absolute atomic E-state index is 13.7. The lowest BCUT2D eigenvalue weighted by molar-refractivity contribution is 0.000520. The monoisotopic (exact) mass is 295 g/mol. The van der Waals surface area contributed by atoms with E-state index in [1.165, 1.54) is 6.07 Å². The Morgan fingerprint density at radius 3 is 2.52 bits per heavy atom. The SMILES string of the molecule is CCCCN(CCCC)C1COc2c(F)cccc2C1O. The molecular weight excluding hydrogens is 269 g/mol. The molecule has 0 fully saturated rings. The average molecular weight is 295 g/mol. The molecule has 4 heteroatoms. The van der Waals surface area contributed by atoms with Crippen molar-refractivity contribution >= 4 is 0 Å². The zero-order valence-corrected chi connectivity index (χ0v) is 13.0. The lowest BCUT2D eigenvalue weighted by Gasteiger charge is -2.38. The molecule has 0 spiro atoms. The van der Waals surface area contributed by atoms with Crippen LogP contribution in [0.4, 0.5) is 4.39 Å². The molecule has 1 aliphatic heterocycles. The summed E-state index contributed by atoms with van der Waals surface area (Å²) >= 11 is 0. The molecule has 2 unspecified atom stereocenters. The van der Waals surface area contributed by atoms with Crippen LogP contribution in [-0.2, 0) is 0 Å². The van der Waals surface area contributed by atoms with Crippen LogP contribution in [0.3, 0.4) is 0 Å². The van der Waals surface area contributed by atoms with Crippen molar-refractivity contribution in [3.63, 3.8) is 0 Å². The number of halogens is 1. The highest BCUT2D eigenvalue weighted by molar-refractivity contribution is 5.39. The van der Waals surface area contributed by atoms with Crippen molar-refractivity contribution in [3.8, 4) is 5.75 Å². The number of para-hydroxylation sites is 1. The van der Waals surface area contributed by atoms with Gasteiger partial charge in [0.2, 0.25) is 0 Å². The topological polar surface area (TPSA) is 32.7 Å². The minimum atomic E-state index is -0.682. The van der Waals surface area contributed by atoms with Gasteiger partial charge in [-0.25, -0.2) is 4.39 Å². The first-order chi connectivity index (χ1) is 10.2. The number of rotatable bonds is 7. The molecule has 0 amide bonds. The molecule has 1 aromatic carbocycles. The summed E-state index contributed by atoms with van der Waals surface area (Å²) in [6, 6.07) is 4.67.